The van der Waals surface area contributed by atoms with Gasteiger partial charge in [0.2, 0.25) is 10.0 Å². The third-order valence-electron chi connectivity index (χ3n) is 6.40. The summed E-state index contributed by atoms with van der Waals surface area (Å²) in [4.78, 5) is -0.162. The number of nitrogens with zero attached hydrogens (tertiary/aromatic N) is 2. The van der Waals surface area contributed by atoms with Crippen LogP contribution in [0.1, 0.15) is 27.8 Å². The molecule has 0 aliphatic rings. The summed E-state index contributed by atoms with van der Waals surface area (Å²) in [5, 5.41) is 9.87. The maximum Gasteiger partial charge on any atom is 0.406 e. The van der Waals surface area contributed by atoms with Crippen LogP contribution in [0.25, 0.3) is 10.9 Å². The Labute approximate surface area is 225 Å². The van der Waals surface area contributed by atoms with E-state index in [-0.39, 0.29) is 11.3 Å². The van der Waals surface area contributed by atoms with Crippen LogP contribution < -0.4 is 9.46 Å². The highest BCUT2D eigenvalue weighted by Gasteiger charge is 2.43. The van der Waals surface area contributed by atoms with Crippen LogP contribution in [0, 0.1) is 32.1 Å². The lowest BCUT2D eigenvalue weighted by Gasteiger charge is -2.24. The van der Waals surface area contributed by atoms with Crippen molar-refractivity contribution in [1.29, 1.82) is 5.26 Å². The molecule has 1 aromatic heterocycles. The smallest absolute Gasteiger partial charge is 0.406 e. The van der Waals surface area contributed by atoms with E-state index in [0.717, 1.165) is 11.1 Å². The molecular weight excluding hydrogens is 527 g/mol. The molecule has 0 fully saturated rings. The number of nitriles is 1. The number of hydrogen-bond acceptors (Lipinski definition) is 4. The topological polar surface area (TPSA) is 84.1 Å². The third-order valence-corrected chi connectivity index (χ3v) is 8.17. The second-order valence-electron chi connectivity index (χ2n) is 9.54. The first-order valence-electron chi connectivity index (χ1n) is 12.2. The minimum absolute atomic E-state index is 0.0319. The lowest BCUT2D eigenvalue weighted by atomic mass is 10.1. The zero-order chi connectivity index (χ0) is 28.4. The van der Waals surface area contributed by atoms with Crippen molar-refractivity contribution in [2.45, 2.75) is 57.5 Å². The molecule has 0 spiro atoms. The predicted octanol–water partition coefficient (Wildman–Crippen LogP) is 6.12. The number of hydrogen-bond donors (Lipinski definition) is 1. The minimum atomic E-state index is -4.87. The van der Waals surface area contributed by atoms with E-state index in [1.165, 1.54) is 10.8 Å². The molecule has 10 heteroatoms. The van der Waals surface area contributed by atoms with Crippen molar-refractivity contribution in [3.8, 4) is 11.8 Å². The Bertz CT molecular complexity index is 1620. The van der Waals surface area contributed by atoms with Gasteiger partial charge in [0.05, 0.1) is 17.4 Å². The van der Waals surface area contributed by atoms with Gasteiger partial charge in [-0.15, -0.1) is 0 Å². The van der Waals surface area contributed by atoms with Crippen LogP contribution in [0.15, 0.2) is 71.8 Å². The normalized spacial score (nSPS) is 12.8. The molecule has 1 unspecified atom stereocenters. The Morgan fingerprint density at radius 2 is 1.69 bits per heavy atom. The number of aryl methyl sites for hydroxylation is 3. The van der Waals surface area contributed by atoms with E-state index in [4.69, 9.17) is 4.74 Å². The number of benzene rings is 3. The van der Waals surface area contributed by atoms with E-state index in [9.17, 15) is 26.9 Å². The number of aromatic nitrogens is 1. The average Bonchev–Trinajstić information content (AvgIpc) is 3.18. The van der Waals surface area contributed by atoms with Gasteiger partial charge in [-0.3, -0.25) is 0 Å². The summed E-state index contributed by atoms with van der Waals surface area (Å²) in [5.41, 5.74) is 3.45. The van der Waals surface area contributed by atoms with E-state index in [0.29, 0.717) is 39.9 Å². The van der Waals surface area contributed by atoms with Gasteiger partial charge in [-0.2, -0.15) is 23.2 Å². The highest BCUT2D eigenvalue weighted by Crippen LogP contribution is 2.31. The Morgan fingerprint density at radius 3 is 2.31 bits per heavy atom. The quantitative estimate of drug-likeness (QED) is 0.270. The van der Waals surface area contributed by atoms with Crippen LogP contribution >= 0.6 is 0 Å². The van der Waals surface area contributed by atoms with Crippen LogP contribution in [-0.2, 0) is 29.6 Å². The van der Waals surface area contributed by atoms with Gasteiger partial charge in [0.15, 0.2) is 0 Å². The highest BCUT2D eigenvalue weighted by atomic mass is 32.2. The molecule has 0 radical (unpaired) electrons. The molecule has 0 aliphatic carbocycles. The number of ether oxygens (including phenoxy) is 1. The molecule has 0 amide bonds. The number of nitrogens with one attached hydrogen (secondary N) is 1. The van der Waals surface area contributed by atoms with Crippen molar-refractivity contribution in [2.75, 3.05) is 0 Å². The summed E-state index contributed by atoms with van der Waals surface area (Å²) < 4.78 is 78.0. The summed E-state index contributed by atoms with van der Waals surface area (Å²) in [7, 11) is -4.49. The van der Waals surface area contributed by atoms with Gasteiger partial charge in [-0.25, -0.2) is 8.42 Å². The van der Waals surface area contributed by atoms with Crippen LogP contribution in [0.3, 0.4) is 0 Å². The lowest BCUT2D eigenvalue weighted by molar-refractivity contribution is -0.154. The van der Waals surface area contributed by atoms with Crippen LogP contribution in [0.4, 0.5) is 13.2 Å². The Hall–Kier alpha value is -3.81. The third kappa shape index (κ3) is 6.44. The largest absolute Gasteiger partial charge is 0.489 e. The number of alkyl halides is 3. The molecule has 1 heterocycles. The average molecular weight is 556 g/mol. The van der Waals surface area contributed by atoms with E-state index >= 15 is 0 Å². The summed E-state index contributed by atoms with van der Waals surface area (Å²) in [5.74, 6) is 0.502. The Balaban J connectivity index is 1.66. The predicted molar refractivity (Wildman–Crippen MR) is 143 cm³/mol. The first-order valence-corrected chi connectivity index (χ1v) is 13.7. The molecule has 0 bridgehead atoms. The molecule has 6 nitrogen and oxygen atoms in total. The number of fused-ring (bicyclic) bond motifs is 1. The maximum absolute atomic E-state index is 14.2. The second kappa shape index (κ2) is 11.1. The van der Waals surface area contributed by atoms with Crippen LogP contribution in [-0.4, -0.2) is 25.2 Å². The first-order chi connectivity index (χ1) is 18.4. The van der Waals surface area contributed by atoms with Gasteiger partial charge in [-0.05, 0) is 61.2 Å². The van der Waals surface area contributed by atoms with Gasteiger partial charge >= 0.3 is 6.18 Å². The molecule has 204 valence electrons. The molecule has 39 heavy (non-hydrogen) atoms. The zero-order valence-electron chi connectivity index (χ0n) is 21.7. The molecule has 3 aromatic carbocycles. The molecule has 0 saturated carbocycles. The second-order valence-corrected chi connectivity index (χ2v) is 11.2. The number of rotatable bonds is 9. The van der Waals surface area contributed by atoms with Gasteiger partial charge in [0.1, 0.15) is 18.4 Å². The van der Waals surface area contributed by atoms with Gasteiger partial charge in [0.25, 0.3) is 0 Å². The van der Waals surface area contributed by atoms with E-state index in [1.54, 1.807) is 51.1 Å². The molecule has 4 rings (SSSR count). The Kier molecular flexibility index (Phi) is 8.04. The van der Waals surface area contributed by atoms with Gasteiger partial charge in [0, 0.05) is 23.6 Å². The molecule has 0 aliphatic heterocycles. The fourth-order valence-electron chi connectivity index (χ4n) is 4.80. The highest BCUT2D eigenvalue weighted by molar-refractivity contribution is 7.89. The molecule has 1 N–H and O–H groups in total. The van der Waals surface area contributed by atoms with Crippen molar-refractivity contribution >= 4 is 20.9 Å². The number of halogens is 3. The zero-order valence-corrected chi connectivity index (χ0v) is 22.5. The van der Waals surface area contributed by atoms with Gasteiger partial charge in [-0.1, -0.05) is 48.0 Å². The fraction of sp³-hybridized carbons (Fsp3) is 0.276. The molecular formula is C29H28F3N3O3S. The summed E-state index contributed by atoms with van der Waals surface area (Å²) in [6.45, 7) is 4.50. The van der Waals surface area contributed by atoms with Crippen molar-refractivity contribution in [3.63, 3.8) is 0 Å². The maximum atomic E-state index is 14.2. The lowest BCUT2D eigenvalue weighted by Crippen LogP contribution is -2.48. The SMILES string of the molecule is Cc1cc(C)c(S(=O)(=O)NC(Cn2cc(CC#N)c3cc(OCc4ccccc4)ccc32)C(F)(F)F)c(C)c1. The summed E-state index contributed by atoms with van der Waals surface area (Å²) in [6, 6.07) is 17.3. The van der Waals surface area contributed by atoms with E-state index < -0.39 is 28.8 Å². The summed E-state index contributed by atoms with van der Waals surface area (Å²) in [6.07, 6.45) is -3.44. The molecule has 1 atom stereocenters. The molecule has 0 saturated heterocycles. The number of sulfonamides is 1. The van der Waals surface area contributed by atoms with Crippen LogP contribution in [0.5, 0.6) is 5.75 Å². The Morgan fingerprint density at radius 1 is 1.03 bits per heavy atom. The first kappa shape index (κ1) is 28.2. The minimum Gasteiger partial charge on any atom is -0.489 e. The van der Waals surface area contributed by atoms with Crippen molar-refractivity contribution in [3.05, 3.63) is 94.7 Å². The van der Waals surface area contributed by atoms with Crippen molar-refractivity contribution in [1.82, 2.24) is 9.29 Å². The standard InChI is InChI=1S/C29H28F3N3O3S/c1-19-13-20(2)28(21(3)14-19)39(36,37)34-27(29(30,31)32)17-35-16-23(11-12-33)25-15-24(9-10-26(25)35)38-18-22-7-5-4-6-8-22/h4-10,13-16,27,34H,11,17-18H2,1-3H3. The van der Waals surface area contributed by atoms with E-state index in [1.807, 2.05) is 41.1 Å². The van der Waals surface area contributed by atoms with E-state index in [2.05, 4.69) is 0 Å². The van der Waals surface area contributed by atoms with Crippen LogP contribution in [0.2, 0.25) is 0 Å². The molecule has 4 aromatic rings. The van der Waals surface area contributed by atoms with Crippen molar-refractivity contribution in [2.24, 2.45) is 0 Å². The van der Waals surface area contributed by atoms with Crippen molar-refractivity contribution < 1.29 is 26.3 Å². The fourth-order valence-corrected chi connectivity index (χ4v) is 6.47. The van der Waals surface area contributed by atoms with Gasteiger partial charge < -0.3 is 9.30 Å². The summed E-state index contributed by atoms with van der Waals surface area (Å²) >= 11 is 0. The monoisotopic (exact) mass is 555 g/mol.